The summed E-state index contributed by atoms with van der Waals surface area (Å²) in [6, 6.07) is 0. The molecule has 1 saturated carbocycles. The number of nitrogens with one attached hydrogen (secondary N) is 2. The van der Waals surface area contributed by atoms with E-state index in [-0.39, 0.29) is 0 Å². The monoisotopic (exact) mass is 227 g/mol. The van der Waals surface area contributed by atoms with Gasteiger partial charge in [0.05, 0.1) is 6.61 Å². The first-order chi connectivity index (χ1) is 7.70. The molecule has 0 bridgehead atoms. The standard InChI is InChI=1S/C12H25N3O/c1-12(6-4-5-7-12)10-15-11(13-2)14-8-9-16-3/h4-10H2,1-3H3,(H2,13,14,15). The fraction of sp³-hybridized carbons (Fsp3) is 0.917. The summed E-state index contributed by atoms with van der Waals surface area (Å²) in [5, 5.41) is 6.62. The summed E-state index contributed by atoms with van der Waals surface area (Å²) >= 11 is 0. The van der Waals surface area contributed by atoms with Crippen molar-refractivity contribution in [2.24, 2.45) is 10.4 Å². The van der Waals surface area contributed by atoms with E-state index in [9.17, 15) is 0 Å². The van der Waals surface area contributed by atoms with Crippen LogP contribution in [0.4, 0.5) is 0 Å². The van der Waals surface area contributed by atoms with E-state index in [2.05, 4.69) is 22.5 Å². The lowest BCUT2D eigenvalue weighted by molar-refractivity contribution is 0.203. The third kappa shape index (κ3) is 4.39. The predicted molar refractivity (Wildman–Crippen MR) is 67.8 cm³/mol. The number of guanidine groups is 1. The lowest BCUT2D eigenvalue weighted by Gasteiger charge is -2.25. The van der Waals surface area contributed by atoms with E-state index >= 15 is 0 Å². The molecule has 0 aromatic heterocycles. The SMILES string of the molecule is CN=C(NCCOC)NCC1(C)CCCC1. The zero-order chi connectivity index (χ0) is 11.9. The zero-order valence-electron chi connectivity index (χ0n) is 10.8. The Bertz CT molecular complexity index is 222. The van der Waals surface area contributed by atoms with Crippen LogP contribution in [0.3, 0.4) is 0 Å². The van der Waals surface area contributed by atoms with Crippen LogP contribution in [-0.2, 0) is 4.74 Å². The molecule has 0 spiro atoms. The largest absolute Gasteiger partial charge is 0.383 e. The Morgan fingerprint density at radius 2 is 2.00 bits per heavy atom. The number of aliphatic imine (C=N–C) groups is 1. The number of methoxy groups -OCH3 is 1. The molecule has 0 heterocycles. The van der Waals surface area contributed by atoms with Crippen molar-refractivity contribution >= 4 is 5.96 Å². The zero-order valence-corrected chi connectivity index (χ0v) is 10.8. The van der Waals surface area contributed by atoms with Gasteiger partial charge in [0, 0.05) is 27.2 Å². The van der Waals surface area contributed by atoms with Gasteiger partial charge in [-0.2, -0.15) is 0 Å². The second kappa shape index (κ2) is 6.74. The molecule has 94 valence electrons. The quantitative estimate of drug-likeness (QED) is 0.424. The molecule has 4 nitrogen and oxygen atoms in total. The van der Waals surface area contributed by atoms with E-state index < -0.39 is 0 Å². The van der Waals surface area contributed by atoms with Crippen LogP contribution in [0.25, 0.3) is 0 Å². The molecule has 0 aliphatic heterocycles. The van der Waals surface area contributed by atoms with Gasteiger partial charge in [0.15, 0.2) is 5.96 Å². The molecule has 0 aromatic rings. The summed E-state index contributed by atoms with van der Waals surface area (Å²) in [5.74, 6) is 0.880. The minimum absolute atomic E-state index is 0.457. The molecule has 1 aliphatic carbocycles. The summed E-state index contributed by atoms with van der Waals surface area (Å²) in [4.78, 5) is 4.19. The van der Waals surface area contributed by atoms with Crippen molar-refractivity contribution in [2.75, 3.05) is 33.9 Å². The molecule has 1 aliphatic rings. The Morgan fingerprint density at radius 3 is 2.56 bits per heavy atom. The van der Waals surface area contributed by atoms with E-state index in [0.717, 1.165) is 19.0 Å². The predicted octanol–water partition coefficient (Wildman–Crippen LogP) is 1.38. The van der Waals surface area contributed by atoms with Gasteiger partial charge in [0.1, 0.15) is 0 Å². The highest BCUT2D eigenvalue weighted by molar-refractivity contribution is 5.79. The molecule has 0 atom stereocenters. The molecule has 0 amide bonds. The van der Waals surface area contributed by atoms with E-state index in [4.69, 9.17) is 4.74 Å². The Labute approximate surface area is 98.9 Å². The van der Waals surface area contributed by atoms with Crippen molar-refractivity contribution in [3.05, 3.63) is 0 Å². The van der Waals surface area contributed by atoms with Crippen LogP contribution in [0.1, 0.15) is 32.6 Å². The Hall–Kier alpha value is -0.770. The highest BCUT2D eigenvalue weighted by atomic mass is 16.5. The topological polar surface area (TPSA) is 45.7 Å². The first-order valence-corrected chi connectivity index (χ1v) is 6.14. The maximum absolute atomic E-state index is 4.99. The van der Waals surface area contributed by atoms with Crippen molar-refractivity contribution < 1.29 is 4.74 Å². The second-order valence-corrected chi connectivity index (χ2v) is 4.86. The van der Waals surface area contributed by atoms with Crippen molar-refractivity contribution in [1.82, 2.24) is 10.6 Å². The van der Waals surface area contributed by atoms with Crippen LogP contribution >= 0.6 is 0 Å². The molecule has 0 saturated heterocycles. The Balaban J connectivity index is 2.23. The summed E-state index contributed by atoms with van der Waals surface area (Å²) in [6.07, 6.45) is 5.39. The van der Waals surface area contributed by atoms with E-state index in [0.29, 0.717) is 12.0 Å². The summed E-state index contributed by atoms with van der Waals surface area (Å²) in [5.41, 5.74) is 0.457. The maximum atomic E-state index is 4.99. The first-order valence-electron chi connectivity index (χ1n) is 6.14. The second-order valence-electron chi connectivity index (χ2n) is 4.86. The molecule has 1 rings (SSSR count). The highest BCUT2D eigenvalue weighted by Crippen LogP contribution is 2.36. The average molecular weight is 227 g/mol. The van der Waals surface area contributed by atoms with Crippen LogP contribution < -0.4 is 10.6 Å². The van der Waals surface area contributed by atoms with Crippen LogP contribution in [0.2, 0.25) is 0 Å². The van der Waals surface area contributed by atoms with Crippen LogP contribution in [0.5, 0.6) is 0 Å². The molecule has 1 fully saturated rings. The third-order valence-corrected chi connectivity index (χ3v) is 3.32. The third-order valence-electron chi connectivity index (χ3n) is 3.32. The minimum Gasteiger partial charge on any atom is -0.383 e. The maximum Gasteiger partial charge on any atom is 0.191 e. The Morgan fingerprint density at radius 1 is 1.31 bits per heavy atom. The van der Waals surface area contributed by atoms with Crippen molar-refractivity contribution in [3.63, 3.8) is 0 Å². The van der Waals surface area contributed by atoms with Gasteiger partial charge in [0.2, 0.25) is 0 Å². The van der Waals surface area contributed by atoms with Crippen LogP contribution in [-0.4, -0.2) is 39.8 Å². The average Bonchev–Trinajstić information content (AvgIpc) is 2.71. The van der Waals surface area contributed by atoms with Gasteiger partial charge in [-0.3, -0.25) is 4.99 Å². The van der Waals surface area contributed by atoms with E-state index in [1.54, 1.807) is 14.2 Å². The Kier molecular flexibility index (Phi) is 5.60. The van der Waals surface area contributed by atoms with Crippen molar-refractivity contribution in [3.8, 4) is 0 Å². The van der Waals surface area contributed by atoms with E-state index in [1.165, 1.54) is 25.7 Å². The van der Waals surface area contributed by atoms with Gasteiger partial charge >= 0.3 is 0 Å². The fourth-order valence-corrected chi connectivity index (χ4v) is 2.19. The number of ether oxygens (including phenoxy) is 1. The van der Waals surface area contributed by atoms with Crippen LogP contribution in [0.15, 0.2) is 4.99 Å². The van der Waals surface area contributed by atoms with Gasteiger partial charge in [0.25, 0.3) is 0 Å². The molecule has 16 heavy (non-hydrogen) atoms. The summed E-state index contributed by atoms with van der Waals surface area (Å²) < 4.78 is 4.99. The number of hydrogen-bond donors (Lipinski definition) is 2. The van der Waals surface area contributed by atoms with Gasteiger partial charge in [-0.05, 0) is 18.3 Å². The lowest BCUT2D eigenvalue weighted by Crippen LogP contribution is -2.43. The number of rotatable bonds is 5. The molecular weight excluding hydrogens is 202 g/mol. The minimum atomic E-state index is 0.457. The first kappa shape index (κ1) is 13.3. The molecule has 4 heteroatoms. The molecular formula is C12H25N3O. The van der Waals surface area contributed by atoms with Gasteiger partial charge in [-0.15, -0.1) is 0 Å². The normalized spacial score (nSPS) is 19.8. The smallest absolute Gasteiger partial charge is 0.191 e. The molecule has 2 N–H and O–H groups in total. The van der Waals surface area contributed by atoms with Crippen molar-refractivity contribution in [2.45, 2.75) is 32.6 Å². The van der Waals surface area contributed by atoms with E-state index in [1.807, 2.05) is 0 Å². The highest BCUT2D eigenvalue weighted by Gasteiger charge is 2.28. The summed E-state index contributed by atoms with van der Waals surface area (Å²) in [6.45, 7) is 4.87. The fourth-order valence-electron chi connectivity index (χ4n) is 2.19. The number of hydrogen-bond acceptors (Lipinski definition) is 2. The van der Waals surface area contributed by atoms with Crippen LogP contribution in [0, 0.1) is 5.41 Å². The van der Waals surface area contributed by atoms with Gasteiger partial charge in [-0.25, -0.2) is 0 Å². The van der Waals surface area contributed by atoms with Gasteiger partial charge < -0.3 is 15.4 Å². The number of nitrogens with zero attached hydrogens (tertiary/aromatic N) is 1. The molecule has 0 unspecified atom stereocenters. The van der Waals surface area contributed by atoms with Crippen molar-refractivity contribution in [1.29, 1.82) is 0 Å². The molecule has 0 aromatic carbocycles. The summed E-state index contributed by atoms with van der Waals surface area (Å²) in [7, 11) is 3.51. The lowest BCUT2D eigenvalue weighted by atomic mass is 9.89. The van der Waals surface area contributed by atoms with Gasteiger partial charge in [-0.1, -0.05) is 19.8 Å². The molecule has 0 radical (unpaired) electrons.